The fourth-order valence-electron chi connectivity index (χ4n) is 5.11. The first-order valence-corrected chi connectivity index (χ1v) is 12.5. The van der Waals surface area contributed by atoms with Crippen molar-refractivity contribution in [1.82, 2.24) is 0 Å². The summed E-state index contributed by atoms with van der Waals surface area (Å²) in [5.74, 6) is 0. The van der Waals surface area contributed by atoms with Crippen molar-refractivity contribution in [2.24, 2.45) is 0 Å². The van der Waals surface area contributed by atoms with Crippen LogP contribution < -0.4 is 0 Å². The highest BCUT2D eigenvalue weighted by molar-refractivity contribution is 6.14. The molecule has 34 heavy (non-hydrogen) atoms. The number of hydrogen-bond donors (Lipinski definition) is 0. The van der Waals surface area contributed by atoms with Gasteiger partial charge in [-0.1, -0.05) is 102 Å². The van der Waals surface area contributed by atoms with Gasteiger partial charge < -0.3 is 0 Å². The number of rotatable bonds is 0. The van der Waals surface area contributed by atoms with Crippen LogP contribution in [0, 0.1) is 13.8 Å². The predicted molar refractivity (Wildman–Crippen MR) is 152 cm³/mol. The molecule has 0 heterocycles. The molecule has 172 valence electrons. The van der Waals surface area contributed by atoms with Gasteiger partial charge in [0.1, 0.15) is 0 Å². The zero-order chi connectivity index (χ0) is 24.4. The van der Waals surface area contributed by atoms with Crippen molar-refractivity contribution in [2.45, 2.75) is 66.2 Å². The zero-order valence-electron chi connectivity index (χ0n) is 21.9. The second-order valence-corrected chi connectivity index (χ2v) is 12.1. The third-order valence-corrected chi connectivity index (χ3v) is 7.54. The summed E-state index contributed by atoms with van der Waals surface area (Å²) in [6.07, 6.45) is 0. The first kappa shape index (κ1) is 22.7. The summed E-state index contributed by atoms with van der Waals surface area (Å²) < 4.78 is 0. The van der Waals surface area contributed by atoms with E-state index in [9.17, 15) is 0 Å². The van der Waals surface area contributed by atoms with Gasteiger partial charge in [0, 0.05) is 0 Å². The Morgan fingerprint density at radius 3 is 1.15 bits per heavy atom. The van der Waals surface area contributed by atoms with Crippen LogP contribution in [0.4, 0.5) is 0 Å². The predicted octanol–water partition coefficient (Wildman–Crippen LogP) is 10.1. The van der Waals surface area contributed by atoms with Crippen molar-refractivity contribution in [3.05, 3.63) is 95.1 Å². The molecule has 0 atom stereocenters. The Bertz CT molecular complexity index is 1490. The molecule has 0 aliphatic heterocycles. The summed E-state index contributed by atoms with van der Waals surface area (Å²) in [6.45, 7) is 18.4. The molecule has 0 radical (unpaired) electrons. The highest BCUT2D eigenvalue weighted by Gasteiger charge is 2.18. The lowest BCUT2D eigenvalue weighted by molar-refractivity contribution is 0.591. The van der Waals surface area contributed by atoms with Crippen molar-refractivity contribution < 1.29 is 0 Å². The van der Waals surface area contributed by atoms with E-state index < -0.39 is 0 Å². The highest BCUT2D eigenvalue weighted by Crippen LogP contribution is 2.37. The average Bonchev–Trinajstić information content (AvgIpc) is 2.76. The number of fused-ring (bicyclic) bond motifs is 8. The van der Waals surface area contributed by atoms with Gasteiger partial charge in [0.2, 0.25) is 0 Å². The summed E-state index contributed by atoms with van der Waals surface area (Å²) in [5, 5.41) is 10.6. The van der Waals surface area contributed by atoms with Gasteiger partial charge in [-0.05, 0) is 102 Å². The molecule has 0 N–H and O–H groups in total. The van der Waals surface area contributed by atoms with E-state index in [2.05, 4.69) is 128 Å². The van der Waals surface area contributed by atoms with Crippen LogP contribution in [0.3, 0.4) is 0 Å². The first-order valence-electron chi connectivity index (χ1n) is 12.5. The van der Waals surface area contributed by atoms with Crippen LogP contribution in [0.15, 0.2) is 72.8 Å². The van der Waals surface area contributed by atoms with Gasteiger partial charge in [0.05, 0.1) is 0 Å². The van der Waals surface area contributed by atoms with Crippen molar-refractivity contribution in [3.63, 3.8) is 0 Å². The molecule has 0 amide bonds. The molecule has 5 aromatic rings. The highest BCUT2D eigenvalue weighted by atomic mass is 14.2. The Labute approximate surface area is 204 Å². The number of aryl methyl sites for hydroxylation is 2. The topological polar surface area (TPSA) is 0 Å². The second kappa shape index (κ2) is 7.70. The summed E-state index contributed by atoms with van der Waals surface area (Å²) in [7, 11) is 0. The second-order valence-electron chi connectivity index (χ2n) is 12.1. The van der Waals surface area contributed by atoms with Crippen LogP contribution in [0.1, 0.15) is 63.8 Å². The van der Waals surface area contributed by atoms with Crippen molar-refractivity contribution in [2.75, 3.05) is 0 Å². The smallest absolute Gasteiger partial charge is 0.00959 e. The molecule has 0 aromatic heterocycles. The van der Waals surface area contributed by atoms with E-state index in [0.717, 1.165) is 0 Å². The first-order chi connectivity index (χ1) is 15.9. The van der Waals surface area contributed by atoms with Crippen LogP contribution in [0.25, 0.3) is 43.1 Å². The Balaban J connectivity index is 2.16. The summed E-state index contributed by atoms with van der Waals surface area (Å²) in [4.78, 5) is 0. The largest absolute Gasteiger partial charge is 0.0616 e. The Kier molecular flexibility index (Phi) is 5.13. The van der Waals surface area contributed by atoms with Crippen LogP contribution in [-0.4, -0.2) is 0 Å². The van der Waals surface area contributed by atoms with E-state index in [1.807, 2.05) is 0 Å². The molecule has 0 fully saturated rings. The molecule has 0 aliphatic carbocycles. The maximum absolute atomic E-state index is 2.44. The zero-order valence-corrected chi connectivity index (χ0v) is 21.9. The van der Waals surface area contributed by atoms with E-state index in [-0.39, 0.29) is 10.8 Å². The molecule has 0 saturated carbocycles. The number of benzene rings is 4. The molecule has 0 heteroatoms. The normalized spacial score (nSPS) is 12.7. The molecule has 4 bridgehead atoms. The van der Waals surface area contributed by atoms with Crippen LogP contribution in [0.5, 0.6) is 0 Å². The SMILES string of the molecule is Cc1c2ccc3cc(C(C)(C)C)cc(c3C)c3cc4ccccc4cc3c1cc(C(C)(C)C)c2. The van der Waals surface area contributed by atoms with Gasteiger partial charge >= 0.3 is 0 Å². The van der Waals surface area contributed by atoms with Gasteiger partial charge in [0.25, 0.3) is 0 Å². The summed E-state index contributed by atoms with van der Waals surface area (Å²) in [5.41, 5.74) is 5.61. The van der Waals surface area contributed by atoms with E-state index >= 15 is 0 Å². The van der Waals surface area contributed by atoms with E-state index in [1.54, 1.807) is 0 Å². The molecule has 0 aliphatic rings. The molecular formula is C34H36. The van der Waals surface area contributed by atoms with Gasteiger partial charge in [0.15, 0.2) is 0 Å². The Morgan fingerprint density at radius 1 is 0.412 bits per heavy atom. The van der Waals surface area contributed by atoms with E-state index in [0.29, 0.717) is 0 Å². The molecular weight excluding hydrogens is 408 g/mol. The van der Waals surface area contributed by atoms with Crippen molar-refractivity contribution >= 4 is 43.1 Å². The molecule has 0 nitrogen and oxygen atoms in total. The van der Waals surface area contributed by atoms with Crippen LogP contribution >= 0.6 is 0 Å². The molecule has 0 saturated heterocycles. The van der Waals surface area contributed by atoms with Gasteiger partial charge in [-0.25, -0.2) is 0 Å². The quantitative estimate of drug-likeness (QED) is 0.223. The summed E-state index contributed by atoms with van der Waals surface area (Å²) >= 11 is 0. The molecule has 5 aromatic carbocycles. The minimum absolute atomic E-state index is 0.0792. The van der Waals surface area contributed by atoms with Crippen LogP contribution in [-0.2, 0) is 10.8 Å². The Morgan fingerprint density at radius 2 is 0.794 bits per heavy atom. The third-order valence-electron chi connectivity index (χ3n) is 7.54. The van der Waals surface area contributed by atoms with Crippen molar-refractivity contribution in [3.8, 4) is 0 Å². The van der Waals surface area contributed by atoms with E-state index in [1.165, 1.54) is 65.3 Å². The fraction of sp³-hybridized carbons (Fsp3) is 0.294. The van der Waals surface area contributed by atoms with E-state index in [4.69, 9.17) is 0 Å². The minimum atomic E-state index is 0.0792. The lowest BCUT2D eigenvalue weighted by Crippen LogP contribution is -2.11. The van der Waals surface area contributed by atoms with Gasteiger partial charge in [-0.15, -0.1) is 0 Å². The standard InChI is InChI=1S/C34H36/c1-21-23-13-14-24-16-28(34(6,7)8)20-30(22(24)2)32-18-26-12-10-9-11-25(26)17-31(32)29(21)19-27(15-23)33(3,4)5/h9-20H,1-8H3. The lowest BCUT2D eigenvalue weighted by Gasteiger charge is -2.22. The van der Waals surface area contributed by atoms with Gasteiger partial charge in [-0.3, -0.25) is 0 Å². The average molecular weight is 445 g/mol. The van der Waals surface area contributed by atoms with Gasteiger partial charge in [-0.2, -0.15) is 0 Å². The minimum Gasteiger partial charge on any atom is -0.0616 e. The molecule has 0 unspecified atom stereocenters. The molecule has 0 spiro atoms. The lowest BCUT2D eigenvalue weighted by atomic mass is 9.82. The fourth-order valence-corrected chi connectivity index (χ4v) is 5.11. The number of hydrogen-bond acceptors (Lipinski definition) is 0. The molecule has 5 rings (SSSR count). The summed E-state index contributed by atoms with van der Waals surface area (Å²) in [6, 6.07) is 27.9. The maximum Gasteiger partial charge on any atom is -0.00959 e. The van der Waals surface area contributed by atoms with Crippen molar-refractivity contribution in [1.29, 1.82) is 0 Å². The third kappa shape index (κ3) is 3.80. The monoisotopic (exact) mass is 444 g/mol. The maximum atomic E-state index is 2.44. The van der Waals surface area contributed by atoms with Crippen LogP contribution in [0.2, 0.25) is 0 Å². The Hall–Kier alpha value is -3.12.